The summed E-state index contributed by atoms with van der Waals surface area (Å²) in [6.45, 7) is 6.42. The van der Waals surface area contributed by atoms with E-state index in [9.17, 15) is 4.79 Å². The van der Waals surface area contributed by atoms with Crippen LogP contribution in [-0.4, -0.2) is 19.7 Å². The maximum Gasteiger partial charge on any atom is 0.307 e. The van der Waals surface area contributed by atoms with Crippen molar-refractivity contribution in [3.05, 3.63) is 64.7 Å². The summed E-state index contributed by atoms with van der Waals surface area (Å²) in [6, 6.07) is 11.6. The van der Waals surface area contributed by atoms with Gasteiger partial charge in [-0.15, -0.1) is 19.0 Å². The van der Waals surface area contributed by atoms with E-state index in [0.29, 0.717) is 6.61 Å². The van der Waals surface area contributed by atoms with Crippen LogP contribution in [0.4, 0.5) is 0 Å². The Hall–Kier alpha value is -1.82. The number of esters is 1. The van der Waals surface area contributed by atoms with E-state index in [1.165, 1.54) is 7.11 Å². The molecule has 0 spiro atoms. The van der Waals surface area contributed by atoms with E-state index < -0.39 is 6.04 Å². The van der Waals surface area contributed by atoms with Gasteiger partial charge in [-0.3, -0.25) is 4.79 Å². The zero-order chi connectivity index (χ0) is 19.8. The number of rotatable bonds is 9. The maximum atomic E-state index is 11.5. The van der Waals surface area contributed by atoms with Gasteiger partial charge in [-0.2, -0.15) is 0 Å². The van der Waals surface area contributed by atoms with E-state index in [4.69, 9.17) is 15.2 Å². The minimum Gasteiger partial charge on any atom is -0.493 e. The zero-order valence-electron chi connectivity index (χ0n) is 16.2. The lowest BCUT2D eigenvalue weighted by molar-refractivity contribution is -0.141. The number of carbonyl (C=O) groups is 1. The Morgan fingerprint density at radius 1 is 1.32 bits per heavy atom. The highest BCUT2D eigenvalue weighted by Crippen LogP contribution is 2.37. The summed E-state index contributed by atoms with van der Waals surface area (Å²) in [5.74, 6) is 0.503. The monoisotopic (exact) mass is 467 g/mol. The predicted octanol–water partition coefficient (Wildman–Crippen LogP) is 5.75. The van der Waals surface area contributed by atoms with Crippen LogP contribution in [0.1, 0.15) is 36.4 Å². The molecule has 0 radical (unpaired) electrons. The van der Waals surface area contributed by atoms with Crippen molar-refractivity contribution < 1.29 is 14.3 Å². The molecule has 0 aromatic heterocycles. The van der Waals surface area contributed by atoms with Gasteiger partial charge in [0.25, 0.3) is 0 Å². The molecule has 0 unspecified atom stereocenters. The number of unbranched alkanes of at least 4 members (excludes halogenated alkanes) is 1. The first kappa shape index (κ1) is 24.2. The molecule has 2 N–H and O–H groups in total. The summed E-state index contributed by atoms with van der Waals surface area (Å²) >= 11 is 3.55. The highest BCUT2D eigenvalue weighted by atomic mass is 79.9. The SMILES string of the molecule is C=CCCCOc1cc(Br)cc(C)c1-c1cccc([C@@H](N)CC(=O)OC)c1.Cl. The molecule has 2 rings (SSSR count). The van der Waals surface area contributed by atoms with Gasteiger partial charge in [0.1, 0.15) is 5.75 Å². The van der Waals surface area contributed by atoms with Crippen LogP contribution in [-0.2, 0) is 9.53 Å². The Morgan fingerprint density at radius 2 is 2.07 bits per heavy atom. The molecule has 0 bridgehead atoms. The number of nitrogens with two attached hydrogens (primary N) is 1. The van der Waals surface area contributed by atoms with Crippen LogP contribution in [0.25, 0.3) is 11.1 Å². The second-order valence-corrected chi connectivity index (χ2v) is 7.30. The van der Waals surface area contributed by atoms with Crippen molar-refractivity contribution in [2.75, 3.05) is 13.7 Å². The summed E-state index contributed by atoms with van der Waals surface area (Å²) < 4.78 is 11.7. The number of halogens is 2. The van der Waals surface area contributed by atoms with E-state index in [2.05, 4.69) is 35.5 Å². The average Bonchev–Trinajstić information content (AvgIpc) is 2.64. The fraction of sp³-hybridized carbons (Fsp3) is 0.318. The lowest BCUT2D eigenvalue weighted by Crippen LogP contribution is -2.16. The highest BCUT2D eigenvalue weighted by molar-refractivity contribution is 9.10. The molecule has 2 aromatic carbocycles. The van der Waals surface area contributed by atoms with Crippen LogP contribution in [0.5, 0.6) is 5.75 Å². The molecule has 2 aromatic rings. The molecule has 0 heterocycles. The second-order valence-electron chi connectivity index (χ2n) is 6.39. The van der Waals surface area contributed by atoms with Gasteiger partial charge in [0, 0.05) is 16.1 Å². The number of hydrogen-bond acceptors (Lipinski definition) is 4. The highest BCUT2D eigenvalue weighted by Gasteiger charge is 2.16. The number of hydrogen-bond donors (Lipinski definition) is 1. The molecule has 6 heteroatoms. The first-order valence-corrected chi connectivity index (χ1v) is 9.72. The summed E-state index contributed by atoms with van der Waals surface area (Å²) in [6.07, 6.45) is 3.87. The first-order chi connectivity index (χ1) is 13.0. The van der Waals surface area contributed by atoms with Gasteiger partial charge in [0.05, 0.1) is 20.1 Å². The summed E-state index contributed by atoms with van der Waals surface area (Å²) in [5, 5.41) is 0. The molecule has 28 heavy (non-hydrogen) atoms. The van der Waals surface area contributed by atoms with Crippen molar-refractivity contribution >= 4 is 34.3 Å². The van der Waals surface area contributed by atoms with Gasteiger partial charge in [-0.05, 0) is 54.7 Å². The van der Waals surface area contributed by atoms with Gasteiger partial charge in [-0.1, -0.05) is 40.2 Å². The average molecular weight is 469 g/mol. The molecule has 4 nitrogen and oxygen atoms in total. The molecule has 0 aliphatic carbocycles. The normalized spacial score (nSPS) is 11.3. The van der Waals surface area contributed by atoms with Gasteiger partial charge in [0.15, 0.2) is 0 Å². The molecule has 1 atom stereocenters. The standard InChI is InChI=1S/C22H26BrNO3.ClH/c1-4-5-6-10-27-20-13-18(23)11-15(2)22(20)17-9-7-8-16(12-17)19(24)14-21(25)26-3;/h4,7-9,11-13,19H,1,5-6,10,14,24H2,2-3H3;1H/t19-;/m0./s1. The minimum absolute atomic E-state index is 0. The summed E-state index contributed by atoms with van der Waals surface area (Å²) in [5.41, 5.74) is 10.2. The lowest BCUT2D eigenvalue weighted by atomic mass is 9.95. The molecular weight excluding hydrogens is 442 g/mol. The Kier molecular flexibility index (Phi) is 10.3. The predicted molar refractivity (Wildman–Crippen MR) is 120 cm³/mol. The Morgan fingerprint density at radius 3 is 2.75 bits per heavy atom. The van der Waals surface area contributed by atoms with Crippen LogP contribution < -0.4 is 10.5 Å². The minimum atomic E-state index is -0.412. The number of methoxy groups -OCH3 is 1. The quantitative estimate of drug-likeness (QED) is 0.289. The fourth-order valence-electron chi connectivity index (χ4n) is 2.91. The van der Waals surface area contributed by atoms with Gasteiger partial charge < -0.3 is 15.2 Å². The Labute approximate surface area is 181 Å². The molecule has 0 aliphatic heterocycles. The molecule has 152 valence electrons. The maximum absolute atomic E-state index is 11.5. The number of ether oxygens (including phenoxy) is 2. The molecule has 0 saturated carbocycles. The lowest BCUT2D eigenvalue weighted by Gasteiger charge is -2.17. The van der Waals surface area contributed by atoms with E-state index >= 15 is 0 Å². The van der Waals surface area contributed by atoms with Crippen molar-refractivity contribution in [2.24, 2.45) is 5.73 Å². The van der Waals surface area contributed by atoms with Gasteiger partial charge >= 0.3 is 5.97 Å². The van der Waals surface area contributed by atoms with Crippen LogP contribution in [0, 0.1) is 6.92 Å². The number of allylic oxidation sites excluding steroid dienone is 1. The van der Waals surface area contributed by atoms with E-state index in [1.807, 2.05) is 36.4 Å². The third-order valence-electron chi connectivity index (χ3n) is 4.29. The molecule has 0 aliphatic rings. The van der Waals surface area contributed by atoms with Crippen molar-refractivity contribution in [1.29, 1.82) is 0 Å². The fourth-order valence-corrected chi connectivity index (χ4v) is 3.46. The van der Waals surface area contributed by atoms with Crippen LogP contribution in [0.2, 0.25) is 0 Å². The first-order valence-electron chi connectivity index (χ1n) is 8.92. The van der Waals surface area contributed by atoms with Gasteiger partial charge in [-0.25, -0.2) is 0 Å². The third kappa shape index (κ3) is 6.66. The van der Waals surface area contributed by atoms with Crippen molar-refractivity contribution in [3.8, 4) is 16.9 Å². The van der Waals surface area contributed by atoms with Crippen molar-refractivity contribution in [3.63, 3.8) is 0 Å². The van der Waals surface area contributed by atoms with Crippen molar-refractivity contribution in [2.45, 2.75) is 32.2 Å². The second kappa shape index (κ2) is 11.9. The summed E-state index contributed by atoms with van der Waals surface area (Å²) in [7, 11) is 1.37. The van der Waals surface area contributed by atoms with Gasteiger partial charge in [0.2, 0.25) is 0 Å². The van der Waals surface area contributed by atoms with Crippen LogP contribution in [0.3, 0.4) is 0 Å². The van der Waals surface area contributed by atoms with Crippen molar-refractivity contribution in [1.82, 2.24) is 0 Å². The zero-order valence-corrected chi connectivity index (χ0v) is 18.6. The van der Waals surface area contributed by atoms with E-state index in [1.54, 1.807) is 0 Å². The number of benzene rings is 2. The van der Waals surface area contributed by atoms with Crippen LogP contribution in [0.15, 0.2) is 53.5 Å². The molecule has 0 amide bonds. The number of aryl methyl sites for hydroxylation is 1. The van der Waals surface area contributed by atoms with E-state index in [-0.39, 0.29) is 24.8 Å². The van der Waals surface area contributed by atoms with Crippen LogP contribution >= 0.6 is 28.3 Å². The topological polar surface area (TPSA) is 61.5 Å². The molecule has 0 fully saturated rings. The third-order valence-corrected chi connectivity index (χ3v) is 4.75. The molecular formula is C22H27BrClNO3. The Balaban J connectivity index is 0.00000392. The smallest absolute Gasteiger partial charge is 0.307 e. The number of carbonyl (C=O) groups excluding carboxylic acids is 1. The summed E-state index contributed by atoms with van der Waals surface area (Å²) in [4.78, 5) is 11.5. The molecule has 0 saturated heterocycles. The Bertz CT molecular complexity index is 810. The largest absolute Gasteiger partial charge is 0.493 e. The van der Waals surface area contributed by atoms with E-state index in [0.717, 1.165) is 45.3 Å².